The Morgan fingerprint density at radius 2 is 1.85 bits per heavy atom. The number of methoxy groups -OCH3 is 2. The standard InChI is InChI=1S/C30H31N7O3/c1-39-22-10-7-20(8-11-22)19-37-26(29-32-24-5-3-4-6-25(24)33-29)17-27(35-37)34-30(38)21-9-12-28(31-18-21)36-15-13-23(40-2)14-16-36/h3-12,17-18,23H,13-16,19H2,1-2H3,(H,32,33)(H,34,35,38). The normalized spacial score (nSPS) is 14.0. The number of carbonyl (C=O) groups excluding carboxylic acids is 1. The fourth-order valence-corrected chi connectivity index (χ4v) is 4.98. The Kier molecular flexibility index (Phi) is 7.15. The Morgan fingerprint density at radius 3 is 2.55 bits per heavy atom. The molecule has 3 aromatic heterocycles. The molecule has 40 heavy (non-hydrogen) atoms. The number of anilines is 2. The highest BCUT2D eigenvalue weighted by Gasteiger charge is 2.21. The van der Waals surface area contributed by atoms with Gasteiger partial charge in [0.25, 0.3) is 5.91 Å². The van der Waals surface area contributed by atoms with E-state index in [-0.39, 0.29) is 5.91 Å². The van der Waals surface area contributed by atoms with Crippen molar-refractivity contribution in [2.24, 2.45) is 0 Å². The van der Waals surface area contributed by atoms with Crippen LogP contribution in [-0.2, 0) is 11.3 Å². The molecule has 0 bridgehead atoms. The Hall–Kier alpha value is -4.70. The zero-order chi connectivity index (χ0) is 27.5. The molecule has 2 aromatic carbocycles. The molecule has 1 amide bonds. The highest BCUT2D eigenvalue weighted by atomic mass is 16.5. The first-order valence-electron chi connectivity index (χ1n) is 13.3. The van der Waals surface area contributed by atoms with Crippen LogP contribution in [0.2, 0.25) is 0 Å². The van der Waals surface area contributed by atoms with Gasteiger partial charge in [-0.2, -0.15) is 5.10 Å². The molecule has 1 aliphatic heterocycles. The lowest BCUT2D eigenvalue weighted by Crippen LogP contribution is -2.37. The van der Waals surface area contributed by atoms with Gasteiger partial charge in [-0.3, -0.25) is 9.48 Å². The van der Waals surface area contributed by atoms with Gasteiger partial charge in [-0.05, 0) is 54.8 Å². The Bertz CT molecular complexity index is 1570. The van der Waals surface area contributed by atoms with Crippen LogP contribution in [0.15, 0.2) is 72.9 Å². The lowest BCUT2D eigenvalue weighted by atomic mass is 10.1. The molecule has 1 saturated heterocycles. The summed E-state index contributed by atoms with van der Waals surface area (Å²) in [4.78, 5) is 28.0. The third-order valence-corrected chi connectivity index (χ3v) is 7.25. The number of aromatic amines is 1. The van der Waals surface area contributed by atoms with Gasteiger partial charge in [-0.1, -0.05) is 24.3 Å². The van der Waals surface area contributed by atoms with Crippen LogP contribution in [0.1, 0.15) is 28.8 Å². The first kappa shape index (κ1) is 25.6. The van der Waals surface area contributed by atoms with Crippen molar-refractivity contribution in [3.8, 4) is 17.3 Å². The zero-order valence-corrected chi connectivity index (χ0v) is 22.5. The molecule has 1 aliphatic rings. The van der Waals surface area contributed by atoms with E-state index in [1.54, 1.807) is 26.5 Å². The SMILES string of the molecule is COc1ccc(Cn2nc(NC(=O)c3ccc(N4CCC(OC)CC4)nc3)cc2-c2nc3ccccc3[nH]2)cc1. The smallest absolute Gasteiger partial charge is 0.258 e. The number of amides is 1. The van der Waals surface area contributed by atoms with Crippen LogP contribution >= 0.6 is 0 Å². The monoisotopic (exact) mass is 537 g/mol. The van der Waals surface area contributed by atoms with Gasteiger partial charge in [-0.25, -0.2) is 9.97 Å². The van der Waals surface area contributed by atoms with Crippen LogP contribution in [-0.4, -0.2) is 64.1 Å². The molecule has 0 aliphatic carbocycles. The van der Waals surface area contributed by atoms with Gasteiger partial charge in [0.15, 0.2) is 11.6 Å². The van der Waals surface area contributed by atoms with Crippen molar-refractivity contribution in [1.29, 1.82) is 0 Å². The second-order valence-corrected chi connectivity index (χ2v) is 9.80. The number of ether oxygens (including phenoxy) is 2. The average molecular weight is 538 g/mol. The molecule has 0 unspecified atom stereocenters. The molecule has 0 radical (unpaired) electrons. The van der Waals surface area contributed by atoms with Crippen molar-refractivity contribution in [2.75, 3.05) is 37.5 Å². The molecule has 0 atom stereocenters. The molecule has 6 rings (SSSR count). The first-order chi connectivity index (χ1) is 19.6. The lowest BCUT2D eigenvalue weighted by Gasteiger charge is -2.32. The number of hydrogen-bond acceptors (Lipinski definition) is 7. The minimum absolute atomic E-state index is 0.276. The lowest BCUT2D eigenvalue weighted by molar-refractivity contribution is 0.0818. The van der Waals surface area contributed by atoms with Gasteiger partial charge in [-0.15, -0.1) is 0 Å². The van der Waals surface area contributed by atoms with Gasteiger partial charge < -0.3 is 24.7 Å². The van der Waals surface area contributed by atoms with Crippen LogP contribution < -0.4 is 15.0 Å². The maximum Gasteiger partial charge on any atom is 0.258 e. The van der Waals surface area contributed by atoms with E-state index in [4.69, 9.17) is 19.6 Å². The molecule has 10 nitrogen and oxygen atoms in total. The number of rotatable bonds is 8. The van der Waals surface area contributed by atoms with E-state index >= 15 is 0 Å². The number of hydrogen-bond donors (Lipinski definition) is 2. The van der Waals surface area contributed by atoms with Crippen LogP contribution in [0, 0.1) is 0 Å². The van der Waals surface area contributed by atoms with Crippen molar-refractivity contribution >= 4 is 28.6 Å². The van der Waals surface area contributed by atoms with Gasteiger partial charge in [0.1, 0.15) is 17.3 Å². The molecule has 204 valence electrons. The van der Waals surface area contributed by atoms with Crippen molar-refractivity contribution in [3.63, 3.8) is 0 Å². The largest absolute Gasteiger partial charge is 0.497 e. The molecular formula is C30H31N7O3. The average Bonchev–Trinajstić information content (AvgIpc) is 3.61. The van der Waals surface area contributed by atoms with Crippen molar-refractivity contribution in [3.05, 3.63) is 84.1 Å². The number of fused-ring (bicyclic) bond motifs is 1. The number of aromatic nitrogens is 5. The second-order valence-electron chi connectivity index (χ2n) is 9.80. The van der Waals surface area contributed by atoms with Gasteiger partial charge in [0, 0.05) is 32.5 Å². The van der Waals surface area contributed by atoms with Crippen molar-refractivity contribution in [1.82, 2.24) is 24.7 Å². The van der Waals surface area contributed by atoms with E-state index in [1.165, 1.54) is 0 Å². The molecule has 2 N–H and O–H groups in total. The minimum atomic E-state index is -0.276. The van der Waals surface area contributed by atoms with Gasteiger partial charge in [0.05, 0.1) is 36.4 Å². The summed E-state index contributed by atoms with van der Waals surface area (Å²) in [7, 11) is 3.40. The summed E-state index contributed by atoms with van der Waals surface area (Å²) >= 11 is 0. The molecule has 0 saturated carbocycles. The number of nitrogens with one attached hydrogen (secondary N) is 2. The summed E-state index contributed by atoms with van der Waals surface area (Å²) < 4.78 is 12.6. The summed E-state index contributed by atoms with van der Waals surface area (Å²) in [6.45, 7) is 2.25. The fourth-order valence-electron chi connectivity index (χ4n) is 4.98. The topological polar surface area (TPSA) is 110 Å². The molecule has 4 heterocycles. The van der Waals surface area contributed by atoms with Gasteiger partial charge in [0.2, 0.25) is 0 Å². The third-order valence-electron chi connectivity index (χ3n) is 7.25. The zero-order valence-electron chi connectivity index (χ0n) is 22.5. The number of nitrogens with zero attached hydrogens (tertiary/aromatic N) is 5. The summed E-state index contributed by atoms with van der Waals surface area (Å²) in [5.74, 6) is 2.48. The number of benzene rings is 2. The fraction of sp³-hybridized carbons (Fsp3) is 0.267. The number of piperidine rings is 1. The molecule has 10 heteroatoms. The van der Waals surface area contributed by atoms with Crippen molar-refractivity contribution < 1.29 is 14.3 Å². The molecule has 0 spiro atoms. The predicted molar refractivity (Wildman–Crippen MR) is 154 cm³/mol. The summed E-state index contributed by atoms with van der Waals surface area (Å²) in [5, 5.41) is 7.66. The van der Waals surface area contributed by atoms with E-state index in [1.807, 2.05) is 65.3 Å². The minimum Gasteiger partial charge on any atom is -0.497 e. The molecular weight excluding hydrogens is 506 g/mol. The Morgan fingerprint density at radius 1 is 1.05 bits per heavy atom. The van der Waals surface area contributed by atoms with Crippen molar-refractivity contribution in [2.45, 2.75) is 25.5 Å². The van der Waals surface area contributed by atoms with E-state index < -0.39 is 0 Å². The number of carbonyl (C=O) groups is 1. The van der Waals surface area contributed by atoms with Crippen LogP contribution in [0.4, 0.5) is 11.6 Å². The maximum atomic E-state index is 13.1. The molecule has 1 fully saturated rings. The van der Waals surface area contributed by atoms with Crippen LogP contribution in [0.3, 0.4) is 0 Å². The van der Waals surface area contributed by atoms with Crippen LogP contribution in [0.5, 0.6) is 5.75 Å². The number of H-pyrrole nitrogens is 1. The second kappa shape index (κ2) is 11.2. The predicted octanol–water partition coefficient (Wildman–Crippen LogP) is 4.75. The summed E-state index contributed by atoms with van der Waals surface area (Å²) in [6.07, 6.45) is 3.84. The summed E-state index contributed by atoms with van der Waals surface area (Å²) in [6, 6.07) is 21.2. The van der Waals surface area contributed by atoms with E-state index in [0.717, 1.165) is 59.8 Å². The third kappa shape index (κ3) is 5.39. The number of imidazole rings is 1. The Balaban J connectivity index is 1.23. The van der Waals surface area contributed by atoms with Gasteiger partial charge >= 0.3 is 0 Å². The molecule has 5 aromatic rings. The number of para-hydroxylation sites is 2. The maximum absolute atomic E-state index is 13.1. The highest BCUT2D eigenvalue weighted by Crippen LogP contribution is 2.25. The van der Waals surface area contributed by atoms with Crippen LogP contribution in [0.25, 0.3) is 22.6 Å². The quantitative estimate of drug-likeness (QED) is 0.294. The first-order valence-corrected chi connectivity index (χ1v) is 13.3. The van der Waals surface area contributed by atoms with E-state index in [0.29, 0.717) is 29.9 Å². The highest BCUT2D eigenvalue weighted by molar-refractivity contribution is 6.03. The van der Waals surface area contributed by atoms with E-state index in [9.17, 15) is 4.79 Å². The summed E-state index contributed by atoms with van der Waals surface area (Å²) in [5.41, 5.74) is 4.05. The Labute approximate surface area is 232 Å². The number of pyridine rings is 1. The van der Waals surface area contributed by atoms with E-state index in [2.05, 4.69) is 20.2 Å².